The first-order chi connectivity index (χ1) is 7.18. The molecule has 0 saturated carbocycles. The molecular formula is C9H7BrN2O3. The number of rotatable bonds is 1. The van der Waals surface area contributed by atoms with Gasteiger partial charge >= 0.3 is 0 Å². The second-order valence-corrected chi connectivity index (χ2v) is 3.75. The molecule has 1 saturated heterocycles. The minimum absolute atomic E-state index is 0.0834. The lowest BCUT2D eigenvalue weighted by Gasteiger charge is -2.23. The Bertz CT molecular complexity index is 406. The maximum Gasteiger partial charge on any atom is 0.261 e. The number of carbonyl (C=O) groups is 2. The van der Waals surface area contributed by atoms with Crippen molar-refractivity contribution >= 4 is 33.6 Å². The molecule has 0 unspecified atom stereocenters. The van der Waals surface area contributed by atoms with Gasteiger partial charge < -0.3 is 4.74 Å². The van der Waals surface area contributed by atoms with Crippen molar-refractivity contribution in [3.8, 4) is 0 Å². The van der Waals surface area contributed by atoms with Gasteiger partial charge in [-0.05, 0) is 28.1 Å². The van der Waals surface area contributed by atoms with Crippen molar-refractivity contribution in [1.82, 2.24) is 4.98 Å². The Morgan fingerprint density at radius 2 is 1.93 bits per heavy atom. The number of ether oxygens (including phenoxy) is 1. The first-order valence-corrected chi connectivity index (χ1v) is 5.04. The summed E-state index contributed by atoms with van der Waals surface area (Å²) >= 11 is 3.18. The van der Waals surface area contributed by atoms with Crippen molar-refractivity contribution in [2.45, 2.75) is 0 Å². The van der Waals surface area contributed by atoms with Crippen molar-refractivity contribution in [3.63, 3.8) is 0 Å². The molecular weight excluding hydrogens is 264 g/mol. The summed E-state index contributed by atoms with van der Waals surface area (Å²) in [6.45, 7) is -0.167. The molecule has 0 spiro atoms. The van der Waals surface area contributed by atoms with E-state index in [4.69, 9.17) is 4.74 Å². The Morgan fingerprint density at radius 1 is 1.27 bits per heavy atom. The highest BCUT2D eigenvalue weighted by molar-refractivity contribution is 9.10. The van der Waals surface area contributed by atoms with Gasteiger partial charge in [0.25, 0.3) is 11.8 Å². The molecule has 0 N–H and O–H groups in total. The number of carbonyl (C=O) groups excluding carboxylic acids is 2. The normalized spacial score (nSPS) is 17.0. The molecule has 15 heavy (non-hydrogen) atoms. The summed E-state index contributed by atoms with van der Waals surface area (Å²) in [6.07, 6.45) is 0. The SMILES string of the molecule is O=C1COCC(=O)N1c1cccc(Br)n1. The summed E-state index contributed by atoms with van der Waals surface area (Å²) < 4.78 is 5.37. The van der Waals surface area contributed by atoms with Crippen LogP contribution in [0.2, 0.25) is 0 Å². The molecule has 0 bridgehead atoms. The van der Waals surface area contributed by atoms with E-state index in [1.165, 1.54) is 0 Å². The second-order valence-electron chi connectivity index (χ2n) is 2.93. The van der Waals surface area contributed by atoms with Gasteiger partial charge in [0.1, 0.15) is 23.6 Å². The molecule has 0 atom stereocenters. The Hall–Kier alpha value is -1.27. The lowest BCUT2D eigenvalue weighted by atomic mass is 10.3. The van der Waals surface area contributed by atoms with Gasteiger partial charge in [-0.3, -0.25) is 9.59 Å². The first-order valence-electron chi connectivity index (χ1n) is 4.24. The highest BCUT2D eigenvalue weighted by atomic mass is 79.9. The molecule has 1 aromatic rings. The summed E-state index contributed by atoms with van der Waals surface area (Å²) in [4.78, 5) is 28.0. The highest BCUT2D eigenvalue weighted by Gasteiger charge is 2.28. The van der Waals surface area contributed by atoms with Crippen molar-refractivity contribution < 1.29 is 14.3 Å². The van der Waals surface area contributed by atoms with E-state index in [0.29, 0.717) is 10.4 Å². The number of hydrogen-bond donors (Lipinski definition) is 0. The minimum Gasteiger partial charge on any atom is -0.362 e. The Kier molecular flexibility index (Phi) is 2.79. The Morgan fingerprint density at radius 3 is 2.53 bits per heavy atom. The molecule has 0 aromatic carbocycles. The molecule has 1 aliphatic heterocycles. The van der Waals surface area contributed by atoms with Crippen LogP contribution in [0, 0.1) is 0 Å². The van der Waals surface area contributed by atoms with Crippen molar-refractivity contribution in [2.75, 3.05) is 18.1 Å². The number of nitrogens with zero attached hydrogens (tertiary/aromatic N) is 2. The number of aromatic nitrogens is 1. The summed E-state index contributed by atoms with van der Waals surface area (Å²) in [5.41, 5.74) is 0. The molecule has 0 aliphatic carbocycles. The number of hydrogen-bond acceptors (Lipinski definition) is 4. The zero-order valence-electron chi connectivity index (χ0n) is 7.64. The van der Waals surface area contributed by atoms with E-state index in [0.717, 1.165) is 4.90 Å². The van der Waals surface area contributed by atoms with Crippen LogP contribution in [0.3, 0.4) is 0 Å². The fourth-order valence-corrected chi connectivity index (χ4v) is 1.61. The molecule has 2 rings (SSSR count). The van der Waals surface area contributed by atoms with Crippen LogP contribution in [-0.2, 0) is 14.3 Å². The predicted molar refractivity (Wildman–Crippen MR) is 55.2 cm³/mol. The largest absolute Gasteiger partial charge is 0.362 e. The van der Waals surface area contributed by atoms with E-state index in [9.17, 15) is 9.59 Å². The maximum atomic E-state index is 11.4. The third-order valence-corrected chi connectivity index (χ3v) is 2.32. The Balaban J connectivity index is 2.35. The van der Waals surface area contributed by atoms with Gasteiger partial charge in [-0.1, -0.05) is 6.07 Å². The first kappa shape index (κ1) is 10.3. The second kappa shape index (κ2) is 4.08. The van der Waals surface area contributed by atoms with Crippen molar-refractivity contribution in [1.29, 1.82) is 0 Å². The molecule has 78 valence electrons. The molecule has 2 amide bonds. The third-order valence-electron chi connectivity index (χ3n) is 1.88. The summed E-state index contributed by atoms with van der Waals surface area (Å²) in [7, 11) is 0. The molecule has 1 aliphatic rings. The summed E-state index contributed by atoms with van der Waals surface area (Å²) in [5.74, 6) is -0.462. The lowest BCUT2D eigenvalue weighted by molar-refractivity contribution is -0.138. The van der Waals surface area contributed by atoms with Gasteiger partial charge in [0.15, 0.2) is 0 Å². The monoisotopic (exact) mass is 270 g/mol. The van der Waals surface area contributed by atoms with Crippen LogP contribution in [0.25, 0.3) is 0 Å². The van der Waals surface area contributed by atoms with Gasteiger partial charge in [-0.15, -0.1) is 0 Å². The van der Waals surface area contributed by atoms with Crippen LogP contribution < -0.4 is 4.90 Å². The van der Waals surface area contributed by atoms with Gasteiger partial charge in [0.05, 0.1) is 0 Å². The van der Waals surface area contributed by atoms with E-state index in [1.807, 2.05) is 0 Å². The van der Waals surface area contributed by atoms with E-state index in [2.05, 4.69) is 20.9 Å². The number of anilines is 1. The predicted octanol–water partition coefficient (Wildman–Crippen LogP) is 0.734. The van der Waals surface area contributed by atoms with Crippen LogP contribution in [0.15, 0.2) is 22.8 Å². The number of imide groups is 1. The van der Waals surface area contributed by atoms with E-state index in [1.54, 1.807) is 18.2 Å². The molecule has 2 heterocycles. The molecule has 5 nitrogen and oxygen atoms in total. The van der Waals surface area contributed by atoms with Gasteiger partial charge in [0, 0.05) is 0 Å². The number of pyridine rings is 1. The van der Waals surface area contributed by atoms with Crippen LogP contribution in [0.5, 0.6) is 0 Å². The zero-order chi connectivity index (χ0) is 10.8. The molecule has 0 radical (unpaired) electrons. The number of halogens is 1. The van der Waals surface area contributed by atoms with Crippen LogP contribution in [0.4, 0.5) is 5.82 Å². The van der Waals surface area contributed by atoms with Gasteiger partial charge in [0.2, 0.25) is 0 Å². The molecule has 1 fully saturated rings. The zero-order valence-corrected chi connectivity index (χ0v) is 9.23. The molecule has 1 aromatic heterocycles. The fourth-order valence-electron chi connectivity index (χ4n) is 1.27. The van der Waals surface area contributed by atoms with E-state index in [-0.39, 0.29) is 13.2 Å². The smallest absolute Gasteiger partial charge is 0.261 e. The van der Waals surface area contributed by atoms with Gasteiger partial charge in [-0.25, -0.2) is 9.88 Å². The van der Waals surface area contributed by atoms with E-state index < -0.39 is 11.8 Å². The van der Waals surface area contributed by atoms with Crippen molar-refractivity contribution in [3.05, 3.63) is 22.8 Å². The molecule has 6 heteroatoms. The maximum absolute atomic E-state index is 11.4. The van der Waals surface area contributed by atoms with Gasteiger partial charge in [-0.2, -0.15) is 0 Å². The third kappa shape index (κ3) is 2.05. The number of amides is 2. The lowest BCUT2D eigenvalue weighted by Crippen LogP contribution is -2.46. The van der Waals surface area contributed by atoms with Crippen LogP contribution >= 0.6 is 15.9 Å². The average Bonchev–Trinajstić information content (AvgIpc) is 2.17. The quantitative estimate of drug-likeness (QED) is 0.558. The standard InChI is InChI=1S/C9H7BrN2O3/c10-6-2-1-3-7(11-6)12-8(13)4-15-5-9(12)14/h1-3H,4-5H2. The van der Waals surface area contributed by atoms with Crippen LogP contribution in [-0.4, -0.2) is 30.0 Å². The topological polar surface area (TPSA) is 59.5 Å². The Labute approximate surface area is 94.2 Å². The average molecular weight is 271 g/mol. The van der Waals surface area contributed by atoms with Crippen molar-refractivity contribution in [2.24, 2.45) is 0 Å². The van der Waals surface area contributed by atoms with E-state index >= 15 is 0 Å². The van der Waals surface area contributed by atoms with Crippen LogP contribution in [0.1, 0.15) is 0 Å². The summed E-state index contributed by atoms with van der Waals surface area (Å²) in [6, 6.07) is 5.03. The minimum atomic E-state index is -0.392. The number of morpholine rings is 1. The fraction of sp³-hybridized carbons (Fsp3) is 0.222. The summed E-state index contributed by atoms with van der Waals surface area (Å²) in [5, 5.41) is 0. The highest BCUT2D eigenvalue weighted by Crippen LogP contribution is 2.17.